The summed E-state index contributed by atoms with van der Waals surface area (Å²) in [4.78, 5) is 16.0. The van der Waals surface area contributed by atoms with Gasteiger partial charge in [0.05, 0.1) is 0 Å². The number of hydrogen-bond acceptors (Lipinski definition) is 3. The first kappa shape index (κ1) is 13.7. The van der Waals surface area contributed by atoms with Crippen LogP contribution in [0.4, 0.5) is 0 Å². The molecule has 0 aliphatic heterocycles. The lowest BCUT2D eigenvalue weighted by atomic mass is 9.85. The van der Waals surface area contributed by atoms with Crippen molar-refractivity contribution >= 4 is 11.6 Å². The Kier molecular flexibility index (Phi) is 2.99. The molecule has 0 radical (unpaired) electrons. The first-order valence-corrected chi connectivity index (χ1v) is 8.17. The van der Waals surface area contributed by atoms with Gasteiger partial charge in [-0.1, -0.05) is 20.3 Å². The summed E-state index contributed by atoms with van der Waals surface area (Å²) in [6.45, 7) is 4.23. The minimum Gasteiger partial charge on any atom is -0.476 e. The predicted molar refractivity (Wildman–Crippen MR) is 82.2 cm³/mol. The molecule has 0 aromatic carbocycles. The van der Waals surface area contributed by atoms with E-state index in [1.165, 1.54) is 25.7 Å². The van der Waals surface area contributed by atoms with E-state index in [0.717, 1.165) is 23.2 Å². The molecule has 2 bridgehead atoms. The number of carboxylic acids is 1. The van der Waals surface area contributed by atoms with Crippen molar-refractivity contribution in [2.45, 2.75) is 51.4 Å². The second-order valence-corrected chi connectivity index (χ2v) is 7.15. The Morgan fingerprint density at radius 3 is 2.73 bits per heavy atom. The standard InChI is InChI=1S/C17H21N3O2/c1-9(2)15-7-13(12-6-10-3-4-11(12)5-10)18-16-8-14(17(21)22)19-20(15)16/h7-12H,3-6H2,1-2H3,(H,21,22). The number of aromatic carboxylic acids is 1. The molecular formula is C17H21N3O2. The van der Waals surface area contributed by atoms with Gasteiger partial charge < -0.3 is 5.11 Å². The molecule has 5 nitrogen and oxygen atoms in total. The number of carboxylic acid groups (broad SMARTS) is 1. The summed E-state index contributed by atoms with van der Waals surface area (Å²) in [5.74, 6) is 1.47. The van der Waals surface area contributed by atoms with Gasteiger partial charge in [-0.2, -0.15) is 5.10 Å². The normalized spacial score (nSPS) is 27.1. The van der Waals surface area contributed by atoms with Crippen LogP contribution in [0, 0.1) is 11.8 Å². The quantitative estimate of drug-likeness (QED) is 0.942. The number of carbonyl (C=O) groups is 1. The van der Waals surface area contributed by atoms with E-state index < -0.39 is 5.97 Å². The highest BCUT2D eigenvalue weighted by Crippen LogP contribution is 2.52. The minimum atomic E-state index is -0.998. The molecule has 2 aromatic rings. The maximum Gasteiger partial charge on any atom is 0.356 e. The van der Waals surface area contributed by atoms with Gasteiger partial charge in [0.15, 0.2) is 11.3 Å². The molecule has 4 rings (SSSR count). The van der Waals surface area contributed by atoms with Gasteiger partial charge in [-0.15, -0.1) is 0 Å². The topological polar surface area (TPSA) is 67.5 Å². The van der Waals surface area contributed by atoms with Gasteiger partial charge in [0.25, 0.3) is 0 Å². The maximum atomic E-state index is 11.2. The van der Waals surface area contributed by atoms with Crippen molar-refractivity contribution in [1.82, 2.24) is 14.6 Å². The Labute approximate surface area is 129 Å². The van der Waals surface area contributed by atoms with Crippen molar-refractivity contribution in [2.24, 2.45) is 11.8 Å². The highest BCUT2D eigenvalue weighted by atomic mass is 16.4. The zero-order chi connectivity index (χ0) is 15.4. The average Bonchev–Trinajstić information content (AvgIpc) is 3.19. The zero-order valence-electron chi connectivity index (χ0n) is 13.0. The average molecular weight is 299 g/mol. The van der Waals surface area contributed by atoms with Crippen molar-refractivity contribution in [3.05, 3.63) is 29.2 Å². The van der Waals surface area contributed by atoms with E-state index in [1.807, 2.05) is 0 Å². The van der Waals surface area contributed by atoms with Crippen molar-refractivity contribution < 1.29 is 9.90 Å². The predicted octanol–water partition coefficient (Wildman–Crippen LogP) is 3.45. The van der Waals surface area contributed by atoms with Crippen LogP contribution in [-0.4, -0.2) is 25.7 Å². The molecule has 2 saturated carbocycles. The van der Waals surface area contributed by atoms with Crippen LogP contribution >= 0.6 is 0 Å². The molecule has 1 N–H and O–H groups in total. The van der Waals surface area contributed by atoms with Gasteiger partial charge in [0.1, 0.15) is 0 Å². The largest absolute Gasteiger partial charge is 0.476 e. The first-order valence-electron chi connectivity index (χ1n) is 8.17. The summed E-state index contributed by atoms with van der Waals surface area (Å²) >= 11 is 0. The lowest BCUT2D eigenvalue weighted by molar-refractivity contribution is 0.0690. The van der Waals surface area contributed by atoms with Crippen LogP contribution in [0.15, 0.2) is 12.1 Å². The molecule has 0 amide bonds. The van der Waals surface area contributed by atoms with Gasteiger partial charge in [-0.3, -0.25) is 0 Å². The molecule has 2 aliphatic carbocycles. The molecule has 3 atom stereocenters. The van der Waals surface area contributed by atoms with Crippen LogP contribution in [-0.2, 0) is 0 Å². The van der Waals surface area contributed by atoms with Crippen LogP contribution in [0.25, 0.3) is 5.65 Å². The van der Waals surface area contributed by atoms with E-state index in [-0.39, 0.29) is 11.6 Å². The van der Waals surface area contributed by atoms with Gasteiger partial charge in [-0.25, -0.2) is 14.3 Å². The molecule has 2 aliphatic rings. The fourth-order valence-electron chi connectivity index (χ4n) is 4.33. The van der Waals surface area contributed by atoms with E-state index in [1.54, 1.807) is 10.6 Å². The summed E-state index contributed by atoms with van der Waals surface area (Å²) in [6, 6.07) is 3.74. The van der Waals surface area contributed by atoms with Crippen molar-refractivity contribution in [3.63, 3.8) is 0 Å². The van der Waals surface area contributed by atoms with Crippen LogP contribution in [0.2, 0.25) is 0 Å². The molecule has 2 fully saturated rings. The van der Waals surface area contributed by atoms with E-state index >= 15 is 0 Å². The summed E-state index contributed by atoms with van der Waals surface area (Å²) in [6.07, 6.45) is 5.27. The zero-order valence-corrected chi connectivity index (χ0v) is 13.0. The highest BCUT2D eigenvalue weighted by molar-refractivity contribution is 5.86. The molecule has 0 saturated heterocycles. The molecule has 3 unspecified atom stereocenters. The number of aromatic nitrogens is 3. The van der Waals surface area contributed by atoms with E-state index in [9.17, 15) is 9.90 Å². The maximum absolute atomic E-state index is 11.2. The van der Waals surface area contributed by atoms with Crippen molar-refractivity contribution in [1.29, 1.82) is 0 Å². The van der Waals surface area contributed by atoms with Gasteiger partial charge in [-0.05, 0) is 43.1 Å². The number of hydrogen-bond donors (Lipinski definition) is 1. The fourth-order valence-corrected chi connectivity index (χ4v) is 4.33. The lowest BCUT2D eigenvalue weighted by Gasteiger charge is -2.22. The molecule has 0 spiro atoms. The van der Waals surface area contributed by atoms with Crippen molar-refractivity contribution in [2.75, 3.05) is 0 Å². The Balaban J connectivity index is 1.84. The second-order valence-electron chi connectivity index (χ2n) is 7.15. The van der Waals surface area contributed by atoms with E-state index in [0.29, 0.717) is 11.6 Å². The fraction of sp³-hybridized carbons (Fsp3) is 0.588. The second kappa shape index (κ2) is 4.80. The molecule has 116 valence electrons. The Bertz CT molecular complexity index is 750. The number of rotatable bonds is 3. The molecule has 22 heavy (non-hydrogen) atoms. The summed E-state index contributed by atoms with van der Waals surface area (Å²) in [5.41, 5.74) is 2.93. The third-order valence-corrected chi connectivity index (χ3v) is 5.40. The SMILES string of the molecule is CC(C)c1cc(C2CC3CCC2C3)nc2cc(C(=O)O)nn12. The highest BCUT2D eigenvalue weighted by Gasteiger charge is 2.41. The monoisotopic (exact) mass is 299 g/mol. The van der Waals surface area contributed by atoms with E-state index in [2.05, 4.69) is 25.0 Å². The van der Waals surface area contributed by atoms with Crippen molar-refractivity contribution in [3.8, 4) is 0 Å². The smallest absolute Gasteiger partial charge is 0.356 e. The molecule has 2 aromatic heterocycles. The third-order valence-electron chi connectivity index (χ3n) is 5.40. The third kappa shape index (κ3) is 2.02. The lowest BCUT2D eigenvalue weighted by Crippen LogP contribution is -2.13. The summed E-state index contributed by atoms with van der Waals surface area (Å²) in [7, 11) is 0. The minimum absolute atomic E-state index is 0.0690. The van der Waals surface area contributed by atoms with Crippen LogP contribution < -0.4 is 0 Å². The summed E-state index contributed by atoms with van der Waals surface area (Å²) in [5, 5.41) is 13.4. The van der Waals surface area contributed by atoms with Gasteiger partial charge in [0, 0.05) is 23.4 Å². The van der Waals surface area contributed by atoms with Crippen LogP contribution in [0.1, 0.15) is 73.2 Å². The van der Waals surface area contributed by atoms with Gasteiger partial charge in [0.2, 0.25) is 0 Å². The molecule has 2 heterocycles. The number of nitrogens with zero attached hydrogens (tertiary/aromatic N) is 3. The van der Waals surface area contributed by atoms with Crippen LogP contribution in [0.3, 0.4) is 0 Å². The number of fused-ring (bicyclic) bond motifs is 3. The Hall–Kier alpha value is -1.91. The summed E-state index contributed by atoms with van der Waals surface area (Å²) < 4.78 is 1.70. The Morgan fingerprint density at radius 1 is 1.32 bits per heavy atom. The Morgan fingerprint density at radius 2 is 2.14 bits per heavy atom. The molecule has 5 heteroatoms. The van der Waals surface area contributed by atoms with Gasteiger partial charge >= 0.3 is 5.97 Å². The van der Waals surface area contributed by atoms with E-state index in [4.69, 9.17) is 4.98 Å². The molecular weight excluding hydrogens is 278 g/mol. The first-order chi connectivity index (χ1) is 10.5. The van der Waals surface area contributed by atoms with Crippen LogP contribution in [0.5, 0.6) is 0 Å².